The Kier molecular flexibility index (Phi) is 1.80. The molecule has 0 aromatic carbocycles. The molecule has 48 valence electrons. The van der Waals surface area contributed by atoms with Gasteiger partial charge in [0.1, 0.15) is 0 Å². The summed E-state index contributed by atoms with van der Waals surface area (Å²) in [6.45, 7) is 0.674. The first kappa shape index (κ1) is 5.97. The first-order valence-corrected chi connectivity index (χ1v) is 2.36. The van der Waals surface area contributed by atoms with E-state index < -0.39 is 6.48 Å². The second-order valence-electron chi connectivity index (χ2n) is 1.46. The van der Waals surface area contributed by atoms with Crippen molar-refractivity contribution in [2.24, 2.45) is 0 Å². The lowest BCUT2D eigenvalue weighted by atomic mass is 10.7. The summed E-state index contributed by atoms with van der Waals surface area (Å²) in [6.07, 6.45) is -0.362. The molecule has 4 nitrogen and oxygen atoms in total. The zero-order valence-electron chi connectivity index (χ0n) is 4.53. The molecule has 0 spiro atoms. The number of hydrogen-bond acceptors (Lipinski definition) is 4. The Bertz CT molecular complexity index is 66.4. The van der Waals surface area contributed by atoms with Crippen LogP contribution in [0.5, 0.6) is 0 Å². The quantitative estimate of drug-likeness (QED) is 0.473. The van der Waals surface area contributed by atoms with Gasteiger partial charge >= 0.3 is 0 Å². The van der Waals surface area contributed by atoms with Crippen LogP contribution in [0.4, 0.5) is 0 Å². The van der Waals surface area contributed by atoms with Gasteiger partial charge in [-0.2, -0.15) is 0 Å². The highest BCUT2D eigenvalue weighted by atomic mass is 16.9. The van der Waals surface area contributed by atoms with Crippen LogP contribution >= 0.6 is 0 Å². The van der Waals surface area contributed by atoms with Gasteiger partial charge in [-0.05, 0) is 6.92 Å². The van der Waals surface area contributed by atoms with Crippen molar-refractivity contribution < 1.29 is 19.3 Å². The van der Waals surface area contributed by atoms with Crippen molar-refractivity contribution in [2.75, 3.05) is 6.79 Å². The Morgan fingerprint density at radius 1 is 1.50 bits per heavy atom. The van der Waals surface area contributed by atoms with E-state index in [4.69, 9.17) is 9.84 Å². The van der Waals surface area contributed by atoms with E-state index in [0.717, 1.165) is 0 Å². The maximum Gasteiger partial charge on any atom is 0.273 e. The number of ether oxygens (including phenoxy) is 3. The first-order chi connectivity index (χ1) is 3.79. The van der Waals surface area contributed by atoms with Crippen LogP contribution in [0.15, 0.2) is 0 Å². The molecule has 8 heavy (non-hydrogen) atoms. The van der Waals surface area contributed by atoms with Crippen LogP contribution in [0.25, 0.3) is 0 Å². The Morgan fingerprint density at radius 2 is 2.25 bits per heavy atom. The molecule has 0 aromatic heterocycles. The van der Waals surface area contributed by atoms with Crippen molar-refractivity contribution in [3.8, 4) is 0 Å². The third-order valence-electron chi connectivity index (χ3n) is 0.821. The lowest BCUT2D eigenvalue weighted by molar-refractivity contribution is -0.399. The largest absolute Gasteiger partial charge is 0.346 e. The zero-order valence-corrected chi connectivity index (χ0v) is 4.53. The summed E-state index contributed by atoms with van der Waals surface area (Å²) in [5, 5.41) is 8.56. The molecule has 0 radical (unpaired) electrons. The molecule has 1 saturated heterocycles. The van der Waals surface area contributed by atoms with Gasteiger partial charge in [0.2, 0.25) is 0 Å². The van der Waals surface area contributed by atoms with Gasteiger partial charge in [-0.1, -0.05) is 0 Å². The van der Waals surface area contributed by atoms with E-state index in [9.17, 15) is 0 Å². The smallest absolute Gasteiger partial charge is 0.273 e. The zero-order chi connectivity index (χ0) is 5.98. The molecule has 1 aliphatic heterocycles. The summed E-state index contributed by atoms with van der Waals surface area (Å²) in [7, 11) is 0. The predicted octanol–water partition coefficient (Wildman–Crippen LogP) is -0.371. The highest BCUT2D eigenvalue weighted by Gasteiger charge is 2.15. The Morgan fingerprint density at radius 3 is 2.62 bits per heavy atom. The van der Waals surface area contributed by atoms with Gasteiger partial charge in [0.15, 0.2) is 13.1 Å². The van der Waals surface area contributed by atoms with Gasteiger partial charge in [-0.25, -0.2) is 0 Å². The summed E-state index contributed by atoms with van der Waals surface area (Å²) in [5.41, 5.74) is 0. The summed E-state index contributed by atoms with van der Waals surface area (Å²) in [6, 6.07) is 0. The van der Waals surface area contributed by atoms with Crippen molar-refractivity contribution >= 4 is 0 Å². The Labute approximate surface area is 47.0 Å². The highest BCUT2D eigenvalue weighted by Crippen LogP contribution is 2.05. The topological polar surface area (TPSA) is 47.9 Å². The van der Waals surface area contributed by atoms with Crippen LogP contribution in [0.2, 0.25) is 0 Å². The molecule has 1 heterocycles. The lowest BCUT2D eigenvalue weighted by Gasteiger charge is -2.23. The van der Waals surface area contributed by atoms with Crippen LogP contribution in [0, 0.1) is 0 Å². The molecular weight excluding hydrogens is 112 g/mol. The Hall–Kier alpha value is -0.160. The van der Waals surface area contributed by atoms with E-state index >= 15 is 0 Å². The summed E-state index contributed by atoms with van der Waals surface area (Å²) in [5.74, 6) is 0. The van der Waals surface area contributed by atoms with Gasteiger partial charge in [0.05, 0.1) is 0 Å². The lowest BCUT2D eigenvalue weighted by Crippen LogP contribution is -2.31. The molecule has 0 saturated carbocycles. The van der Waals surface area contributed by atoms with Gasteiger partial charge in [-0.3, -0.25) is 0 Å². The molecule has 1 unspecified atom stereocenters. The van der Waals surface area contributed by atoms with E-state index in [1.165, 1.54) is 0 Å². The van der Waals surface area contributed by atoms with Crippen molar-refractivity contribution in [2.45, 2.75) is 19.7 Å². The third-order valence-corrected chi connectivity index (χ3v) is 0.821. The molecule has 0 aliphatic carbocycles. The van der Waals surface area contributed by atoms with E-state index in [1.807, 2.05) is 0 Å². The highest BCUT2D eigenvalue weighted by molar-refractivity contribution is 4.31. The van der Waals surface area contributed by atoms with Crippen LogP contribution in [0.1, 0.15) is 6.92 Å². The molecule has 1 N–H and O–H groups in total. The van der Waals surface area contributed by atoms with E-state index in [1.54, 1.807) is 6.92 Å². The number of aliphatic hydroxyl groups excluding tert-OH is 1. The number of hydrogen-bond donors (Lipinski definition) is 1. The van der Waals surface area contributed by atoms with Crippen molar-refractivity contribution in [1.82, 2.24) is 0 Å². The molecule has 4 heteroatoms. The molecule has 0 bridgehead atoms. The maximum atomic E-state index is 8.56. The fourth-order valence-corrected chi connectivity index (χ4v) is 0.436. The SMILES string of the molecule is C[C@H]1OCOC(O)O1. The van der Waals surface area contributed by atoms with E-state index in [2.05, 4.69) is 9.47 Å². The molecule has 0 aromatic rings. The second kappa shape index (κ2) is 2.41. The van der Waals surface area contributed by atoms with Gasteiger partial charge in [-0.15, -0.1) is 0 Å². The number of rotatable bonds is 0. The molecule has 1 aliphatic rings. The number of aliphatic hydroxyl groups is 1. The van der Waals surface area contributed by atoms with E-state index in [0.29, 0.717) is 0 Å². The molecule has 2 atom stereocenters. The molecular formula is C4H8O4. The average molecular weight is 120 g/mol. The summed E-state index contributed by atoms with van der Waals surface area (Å²) >= 11 is 0. The van der Waals surface area contributed by atoms with Gasteiger partial charge in [0, 0.05) is 0 Å². The second-order valence-corrected chi connectivity index (χ2v) is 1.46. The molecule has 1 rings (SSSR count). The van der Waals surface area contributed by atoms with Gasteiger partial charge in [0.25, 0.3) is 6.48 Å². The van der Waals surface area contributed by atoms with Crippen molar-refractivity contribution in [3.05, 3.63) is 0 Å². The minimum Gasteiger partial charge on any atom is -0.346 e. The normalized spacial score (nSPS) is 39.8. The standard InChI is InChI=1S/C4H8O4/c1-3-6-2-7-4(5)8-3/h3-5H,2H2,1H3/t3-,4?/m0/s1. The monoisotopic (exact) mass is 120 g/mol. The molecule has 0 amide bonds. The fourth-order valence-electron chi connectivity index (χ4n) is 0.436. The minimum absolute atomic E-state index is 0.0995. The maximum absolute atomic E-state index is 8.56. The first-order valence-electron chi connectivity index (χ1n) is 2.36. The third kappa shape index (κ3) is 1.41. The van der Waals surface area contributed by atoms with Crippen molar-refractivity contribution in [3.63, 3.8) is 0 Å². The van der Waals surface area contributed by atoms with Crippen LogP contribution in [-0.4, -0.2) is 24.7 Å². The minimum atomic E-state index is -1.11. The fraction of sp³-hybridized carbons (Fsp3) is 1.00. The van der Waals surface area contributed by atoms with Crippen LogP contribution < -0.4 is 0 Å². The van der Waals surface area contributed by atoms with Gasteiger partial charge < -0.3 is 19.3 Å². The average Bonchev–Trinajstić information content (AvgIpc) is 1.64. The summed E-state index contributed by atoms with van der Waals surface area (Å²) in [4.78, 5) is 0. The predicted molar refractivity (Wildman–Crippen MR) is 23.6 cm³/mol. The van der Waals surface area contributed by atoms with Crippen LogP contribution in [-0.2, 0) is 14.2 Å². The van der Waals surface area contributed by atoms with Crippen LogP contribution in [0.3, 0.4) is 0 Å². The molecule has 1 fully saturated rings. The van der Waals surface area contributed by atoms with Crippen molar-refractivity contribution in [1.29, 1.82) is 0 Å². The summed E-state index contributed by atoms with van der Waals surface area (Å²) < 4.78 is 13.8. The Balaban J connectivity index is 2.23. The van der Waals surface area contributed by atoms with E-state index in [-0.39, 0.29) is 13.1 Å².